The molecule has 1 heterocycles. The minimum atomic E-state index is 0.0507. The minimum Gasteiger partial charge on any atom is -0.409 e. The van der Waals surface area contributed by atoms with Crippen LogP contribution in [-0.4, -0.2) is 34.6 Å². The number of aromatic nitrogens is 1. The van der Waals surface area contributed by atoms with Gasteiger partial charge in [0.2, 0.25) is 0 Å². The van der Waals surface area contributed by atoms with Gasteiger partial charge in [-0.3, -0.25) is 4.98 Å². The van der Waals surface area contributed by atoms with E-state index in [1.54, 1.807) is 6.20 Å². The molecule has 1 aromatic rings. The van der Waals surface area contributed by atoms with Gasteiger partial charge in [-0.15, -0.1) is 0 Å². The lowest BCUT2D eigenvalue weighted by Crippen LogP contribution is -2.21. The second-order valence-corrected chi connectivity index (χ2v) is 4.86. The molecule has 0 atom stereocenters. The Balaban J connectivity index is 2.42. The summed E-state index contributed by atoms with van der Waals surface area (Å²) >= 11 is 1.87. The second kappa shape index (κ2) is 8.77. The number of hydrogen-bond acceptors (Lipinski definition) is 5. The zero-order valence-electron chi connectivity index (χ0n) is 10.6. The third-order valence-corrected chi connectivity index (χ3v) is 3.21. The third kappa shape index (κ3) is 4.93. The number of hydrogen-bond donors (Lipinski definition) is 3. The Morgan fingerprint density at radius 2 is 2.39 bits per heavy atom. The number of nitrogens with zero attached hydrogens (tertiary/aromatic N) is 2. The van der Waals surface area contributed by atoms with Crippen LogP contribution in [0.3, 0.4) is 0 Å². The summed E-state index contributed by atoms with van der Waals surface area (Å²) < 4.78 is 0. The van der Waals surface area contributed by atoms with Crippen molar-refractivity contribution in [2.75, 3.05) is 18.6 Å². The van der Waals surface area contributed by atoms with Crippen molar-refractivity contribution in [1.29, 1.82) is 0 Å². The summed E-state index contributed by atoms with van der Waals surface area (Å²) in [5.74, 6) is 1.25. The molecule has 0 amide bonds. The van der Waals surface area contributed by atoms with Gasteiger partial charge in [-0.2, -0.15) is 11.8 Å². The molecule has 18 heavy (non-hydrogen) atoms. The highest BCUT2D eigenvalue weighted by Crippen LogP contribution is 2.05. The molecule has 0 radical (unpaired) electrons. The Morgan fingerprint density at radius 1 is 1.56 bits per heavy atom. The molecule has 0 saturated heterocycles. The van der Waals surface area contributed by atoms with Crippen molar-refractivity contribution >= 4 is 17.6 Å². The van der Waals surface area contributed by atoms with Gasteiger partial charge in [-0.1, -0.05) is 11.2 Å². The Hall–Kier alpha value is -1.27. The van der Waals surface area contributed by atoms with Crippen molar-refractivity contribution in [3.8, 4) is 0 Å². The summed E-state index contributed by atoms with van der Waals surface area (Å²) in [4.78, 5) is 4.12. The monoisotopic (exact) mass is 268 g/mol. The predicted octanol–water partition coefficient (Wildman–Crippen LogP) is 1.41. The van der Waals surface area contributed by atoms with Crippen molar-refractivity contribution in [2.45, 2.75) is 19.4 Å². The number of oxime groups is 1. The van der Waals surface area contributed by atoms with E-state index in [0.29, 0.717) is 12.2 Å². The lowest BCUT2D eigenvalue weighted by molar-refractivity contribution is 0.318. The van der Waals surface area contributed by atoms with Crippen LogP contribution in [0.15, 0.2) is 23.5 Å². The van der Waals surface area contributed by atoms with Gasteiger partial charge < -0.3 is 16.3 Å². The molecule has 0 unspecified atom stereocenters. The van der Waals surface area contributed by atoms with Gasteiger partial charge in [0, 0.05) is 12.7 Å². The molecule has 4 N–H and O–H groups in total. The first kappa shape index (κ1) is 14.8. The maximum absolute atomic E-state index is 8.68. The molecule has 0 spiro atoms. The minimum absolute atomic E-state index is 0.0507. The number of nitrogens with two attached hydrogens (primary N) is 1. The smallest absolute Gasteiger partial charge is 0.189 e. The van der Waals surface area contributed by atoms with E-state index in [4.69, 9.17) is 10.9 Å². The summed E-state index contributed by atoms with van der Waals surface area (Å²) in [6, 6.07) is 3.77. The van der Waals surface area contributed by atoms with E-state index >= 15 is 0 Å². The topological polar surface area (TPSA) is 83.5 Å². The molecule has 1 aromatic heterocycles. The highest BCUT2D eigenvalue weighted by molar-refractivity contribution is 7.98. The van der Waals surface area contributed by atoms with Gasteiger partial charge in [-0.05, 0) is 43.0 Å². The lowest BCUT2D eigenvalue weighted by atomic mass is 10.2. The highest BCUT2D eigenvalue weighted by atomic mass is 32.2. The number of thioether (sulfide) groups is 1. The maximum atomic E-state index is 8.68. The van der Waals surface area contributed by atoms with Crippen molar-refractivity contribution in [1.82, 2.24) is 10.3 Å². The van der Waals surface area contributed by atoms with Gasteiger partial charge in [0.15, 0.2) is 5.84 Å². The molecule has 0 bridgehead atoms. The van der Waals surface area contributed by atoms with Crippen LogP contribution >= 0.6 is 11.8 Å². The van der Waals surface area contributed by atoms with Crippen LogP contribution in [0.5, 0.6) is 0 Å². The quantitative estimate of drug-likeness (QED) is 0.218. The summed E-state index contributed by atoms with van der Waals surface area (Å²) in [5, 5.41) is 15.0. The predicted molar refractivity (Wildman–Crippen MR) is 76.1 cm³/mol. The summed E-state index contributed by atoms with van der Waals surface area (Å²) in [5.41, 5.74) is 7.05. The van der Waals surface area contributed by atoms with Crippen LogP contribution in [0.1, 0.15) is 24.1 Å². The second-order valence-electron chi connectivity index (χ2n) is 3.87. The van der Waals surface area contributed by atoms with E-state index in [1.165, 1.54) is 12.2 Å². The zero-order chi connectivity index (χ0) is 13.2. The SMILES string of the molecule is CSCCCCNCc1cccnc1/C(N)=N/O. The van der Waals surface area contributed by atoms with Gasteiger partial charge in [0.1, 0.15) is 5.69 Å². The molecule has 0 fully saturated rings. The standard InChI is InChI=1S/C12H20N4OS/c1-18-8-3-2-6-14-9-10-5-4-7-15-11(10)12(13)16-17/h4-5,7,14,17H,2-3,6,8-9H2,1H3,(H2,13,16). The average Bonchev–Trinajstić information content (AvgIpc) is 2.42. The first-order valence-electron chi connectivity index (χ1n) is 5.91. The molecule has 0 aliphatic rings. The summed E-state index contributed by atoms with van der Waals surface area (Å²) in [6.45, 7) is 1.64. The van der Waals surface area contributed by atoms with Crippen molar-refractivity contribution in [3.63, 3.8) is 0 Å². The van der Waals surface area contributed by atoms with Crippen LogP contribution in [-0.2, 0) is 6.54 Å². The van der Waals surface area contributed by atoms with E-state index < -0.39 is 0 Å². The van der Waals surface area contributed by atoms with E-state index in [2.05, 4.69) is 21.7 Å². The molecule has 5 nitrogen and oxygen atoms in total. The first-order chi connectivity index (χ1) is 8.79. The van der Waals surface area contributed by atoms with E-state index in [-0.39, 0.29) is 5.84 Å². The van der Waals surface area contributed by atoms with Crippen LogP contribution < -0.4 is 11.1 Å². The van der Waals surface area contributed by atoms with Gasteiger partial charge in [0.25, 0.3) is 0 Å². The van der Waals surface area contributed by atoms with E-state index in [1.807, 2.05) is 23.9 Å². The van der Waals surface area contributed by atoms with E-state index in [9.17, 15) is 0 Å². The molecule has 0 saturated carbocycles. The van der Waals surface area contributed by atoms with Crippen LogP contribution in [0.2, 0.25) is 0 Å². The highest BCUT2D eigenvalue weighted by Gasteiger charge is 2.07. The number of unbranched alkanes of at least 4 members (excludes halogenated alkanes) is 1. The molecule has 0 aliphatic heterocycles. The van der Waals surface area contributed by atoms with Crippen LogP contribution in [0, 0.1) is 0 Å². The molecular weight excluding hydrogens is 248 g/mol. The number of pyridine rings is 1. The molecule has 1 rings (SSSR count). The Bertz CT molecular complexity index is 384. The fourth-order valence-electron chi connectivity index (χ4n) is 1.58. The van der Waals surface area contributed by atoms with Crippen molar-refractivity contribution in [2.24, 2.45) is 10.9 Å². The largest absolute Gasteiger partial charge is 0.409 e. The third-order valence-electron chi connectivity index (χ3n) is 2.51. The fraction of sp³-hybridized carbons (Fsp3) is 0.500. The number of rotatable bonds is 8. The van der Waals surface area contributed by atoms with Crippen molar-refractivity contribution < 1.29 is 5.21 Å². The summed E-state index contributed by atoms with van der Waals surface area (Å²) in [6.07, 6.45) is 6.12. The van der Waals surface area contributed by atoms with Gasteiger partial charge >= 0.3 is 0 Å². The molecule has 0 aliphatic carbocycles. The lowest BCUT2D eigenvalue weighted by Gasteiger charge is -2.08. The van der Waals surface area contributed by atoms with Crippen LogP contribution in [0.4, 0.5) is 0 Å². The molecule has 100 valence electrons. The number of nitrogens with one attached hydrogen (secondary N) is 1. The normalized spacial score (nSPS) is 11.7. The zero-order valence-corrected chi connectivity index (χ0v) is 11.4. The van der Waals surface area contributed by atoms with E-state index in [0.717, 1.165) is 18.5 Å². The Kier molecular flexibility index (Phi) is 7.20. The molecule has 0 aromatic carbocycles. The molecular formula is C12H20N4OS. The van der Waals surface area contributed by atoms with Crippen LogP contribution in [0.25, 0.3) is 0 Å². The summed E-state index contributed by atoms with van der Waals surface area (Å²) in [7, 11) is 0. The number of amidine groups is 1. The maximum Gasteiger partial charge on any atom is 0.189 e. The average molecular weight is 268 g/mol. The van der Waals surface area contributed by atoms with Crippen molar-refractivity contribution in [3.05, 3.63) is 29.6 Å². The fourth-order valence-corrected chi connectivity index (χ4v) is 2.07. The Labute approximate surface area is 112 Å². The Morgan fingerprint density at radius 3 is 3.11 bits per heavy atom. The van der Waals surface area contributed by atoms with Gasteiger partial charge in [-0.25, -0.2) is 0 Å². The first-order valence-corrected chi connectivity index (χ1v) is 7.30. The van der Waals surface area contributed by atoms with Gasteiger partial charge in [0.05, 0.1) is 0 Å². The molecule has 6 heteroatoms.